The monoisotopic (exact) mass is 498 g/mol. The number of hydrogen-bond acceptors (Lipinski definition) is 10. The third kappa shape index (κ3) is 8.01. The standard InChI is InChI=1S/C22H34N4O9/c1-12(2)7-13(18(27)22(3)11-34-22)23-19(28)14(9-31-4)24-20(29)15(10-32-5)25-21(30)16-8-17(33-6)26-35-16/h8,12-15H,7,9-11H2,1-6H3,(H,23,28)(H,24,29)(H,25,30)/t13?,14?,15-,22+/m0/s1. The van der Waals surface area contributed by atoms with Gasteiger partial charge in [0.05, 0.1) is 39.0 Å². The van der Waals surface area contributed by atoms with Crippen LogP contribution in [-0.4, -0.2) is 93.5 Å². The number of rotatable bonds is 15. The van der Waals surface area contributed by atoms with Crippen LogP contribution >= 0.6 is 0 Å². The summed E-state index contributed by atoms with van der Waals surface area (Å²) in [5.74, 6) is -2.22. The zero-order valence-electron chi connectivity index (χ0n) is 20.8. The van der Waals surface area contributed by atoms with Gasteiger partial charge in [0.2, 0.25) is 17.6 Å². The quantitative estimate of drug-likeness (QED) is 0.267. The predicted molar refractivity (Wildman–Crippen MR) is 121 cm³/mol. The molecule has 1 aromatic heterocycles. The molecule has 1 aliphatic heterocycles. The number of aromatic nitrogens is 1. The fraction of sp³-hybridized carbons (Fsp3) is 0.682. The second-order valence-corrected chi connectivity index (χ2v) is 8.81. The van der Waals surface area contributed by atoms with Crippen molar-refractivity contribution in [1.29, 1.82) is 0 Å². The van der Waals surface area contributed by atoms with Crippen molar-refractivity contribution in [3.05, 3.63) is 11.8 Å². The lowest BCUT2D eigenvalue weighted by Gasteiger charge is -2.26. The summed E-state index contributed by atoms with van der Waals surface area (Å²) in [7, 11) is 4.08. The van der Waals surface area contributed by atoms with Crippen LogP contribution in [0.25, 0.3) is 0 Å². The Morgan fingerprint density at radius 1 is 1.00 bits per heavy atom. The number of epoxide rings is 1. The van der Waals surface area contributed by atoms with E-state index in [-0.39, 0.29) is 36.6 Å². The molecule has 0 spiro atoms. The van der Waals surface area contributed by atoms with Crippen LogP contribution in [0, 0.1) is 5.92 Å². The van der Waals surface area contributed by atoms with Crippen LogP contribution in [0.5, 0.6) is 5.88 Å². The van der Waals surface area contributed by atoms with E-state index in [1.165, 1.54) is 27.4 Å². The first-order valence-electron chi connectivity index (χ1n) is 11.1. The Balaban J connectivity index is 2.08. The van der Waals surface area contributed by atoms with Crippen LogP contribution in [0.15, 0.2) is 10.6 Å². The summed E-state index contributed by atoms with van der Waals surface area (Å²) in [5.41, 5.74) is -0.913. The lowest BCUT2D eigenvalue weighted by Crippen LogP contribution is -2.58. The van der Waals surface area contributed by atoms with Gasteiger partial charge in [-0.1, -0.05) is 13.8 Å². The van der Waals surface area contributed by atoms with Gasteiger partial charge < -0.3 is 39.4 Å². The summed E-state index contributed by atoms with van der Waals surface area (Å²) in [6.07, 6.45) is 0.403. The third-order valence-electron chi connectivity index (χ3n) is 5.28. The zero-order chi connectivity index (χ0) is 26.2. The van der Waals surface area contributed by atoms with Gasteiger partial charge in [0, 0.05) is 14.2 Å². The molecule has 13 nitrogen and oxygen atoms in total. The van der Waals surface area contributed by atoms with Gasteiger partial charge in [0.15, 0.2) is 5.78 Å². The second-order valence-electron chi connectivity index (χ2n) is 8.81. The number of hydrogen-bond donors (Lipinski definition) is 3. The number of amides is 3. The molecule has 35 heavy (non-hydrogen) atoms. The lowest BCUT2D eigenvalue weighted by atomic mass is 9.93. The second kappa shape index (κ2) is 12.6. The van der Waals surface area contributed by atoms with Gasteiger partial charge in [-0.3, -0.25) is 19.2 Å². The van der Waals surface area contributed by atoms with E-state index in [0.717, 1.165) is 0 Å². The molecule has 1 saturated heterocycles. The highest BCUT2D eigenvalue weighted by Gasteiger charge is 2.50. The number of methoxy groups -OCH3 is 3. The minimum Gasteiger partial charge on any atom is -0.479 e. The Kier molecular flexibility index (Phi) is 10.2. The van der Waals surface area contributed by atoms with Crippen molar-refractivity contribution in [2.75, 3.05) is 41.2 Å². The average molecular weight is 499 g/mol. The molecular formula is C22H34N4O9. The molecular weight excluding hydrogens is 464 g/mol. The van der Waals surface area contributed by atoms with Crippen LogP contribution in [0.2, 0.25) is 0 Å². The molecule has 2 heterocycles. The third-order valence-corrected chi connectivity index (χ3v) is 5.28. The van der Waals surface area contributed by atoms with Crippen molar-refractivity contribution >= 4 is 23.5 Å². The first-order valence-corrected chi connectivity index (χ1v) is 11.1. The van der Waals surface area contributed by atoms with E-state index < -0.39 is 41.4 Å². The number of nitrogens with zero attached hydrogens (tertiary/aromatic N) is 1. The molecule has 3 N–H and O–H groups in total. The molecule has 0 aliphatic carbocycles. The van der Waals surface area contributed by atoms with E-state index in [1.54, 1.807) is 6.92 Å². The molecule has 1 aromatic rings. The fourth-order valence-electron chi connectivity index (χ4n) is 3.26. The summed E-state index contributed by atoms with van der Waals surface area (Å²) in [6.45, 7) is 5.47. The molecule has 1 aliphatic rings. The largest absolute Gasteiger partial charge is 0.479 e. The normalized spacial score (nSPS) is 19.4. The molecule has 196 valence electrons. The van der Waals surface area contributed by atoms with E-state index in [9.17, 15) is 19.2 Å². The highest BCUT2D eigenvalue weighted by Crippen LogP contribution is 2.29. The number of carbonyl (C=O) groups excluding carboxylic acids is 4. The highest BCUT2D eigenvalue weighted by molar-refractivity contribution is 5.99. The van der Waals surface area contributed by atoms with E-state index in [2.05, 4.69) is 21.1 Å². The Morgan fingerprint density at radius 2 is 1.54 bits per heavy atom. The van der Waals surface area contributed by atoms with E-state index in [1.807, 2.05) is 13.8 Å². The molecule has 0 aromatic carbocycles. The van der Waals surface area contributed by atoms with Crippen LogP contribution in [0.3, 0.4) is 0 Å². The topological polar surface area (TPSA) is 171 Å². The van der Waals surface area contributed by atoms with Crippen LogP contribution < -0.4 is 20.7 Å². The Bertz CT molecular complexity index is 897. The van der Waals surface area contributed by atoms with Gasteiger partial charge in [-0.05, 0) is 24.4 Å². The van der Waals surface area contributed by atoms with Crippen LogP contribution in [0.1, 0.15) is 37.7 Å². The van der Waals surface area contributed by atoms with Crippen LogP contribution in [0.4, 0.5) is 0 Å². The Hall–Kier alpha value is -3.03. The first-order chi connectivity index (χ1) is 16.5. The van der Waals surface area contributed by atoms with Gasteiger partial charge in [0.25, 0.3) is 11.8 Å². The first kappa shape index (κ1) is 28.2. The summed E-state index contributed by atoms with van der Waals surface area (Å²) in [4.78, 5) is 51.2. The summed E-state index contributed by atoms with van der Waals surface area (Å²) in [5, 5.41) is 11.3. The smallest absolute Gasteiger partial charge is 0.290 e. The molecule has 3 amide bonds. The van der Waals surface area contributed by atoms with Gasteiger partial charge in [-0.15, -0.1) is 0 Å². The Morgan fingerprint density at radius 3 is 2.00 bits per heavy atom. The van der Waals surface area contributed by atoms with E-state index in [4.69, 9.17) is 23.5 Å². The molecule has 0 radical (unpaired) electrons. The molecule has 2 rings (SSSR count). The minimum atomic E-state index is -1.16. The molecule has 4 atom stereocenters. The van der Waals surface area contributed by atoms with Gasteiger partial charge in [0.1, 0.15) is 17.7 Å². The van der Waals surface area contributed by atoms with Gasteiger partial charge in [-0.2, -0.15) is 0 Å². The zero-order valence-corrected chi connectivity index (χ0v) is 20.8. The minimum absolute atomic E-state index is 0.0932. The van der Waals surface area contributed by atoms with E-state index in [0.29, 0.717) is 13.0 Å². The SMILES string of the molecule is COCC(NC(=O)[C@H](COC)NC(=O)c1cc(OC)no1)C(=O)NC(CC(C)C)C(=O)[C@@]1(C)CO1. The predicted octanol–water partition coefficient (Wildman–Crippen LogP) is -0.552. The van der Waals surface area contributed by atoms with Crippen molar-refractivity contribution in [2.45, 2.75) is 50.9 Å². The molecule has 1 fully saturated rings. The lowest BCUT2D eigenvalue weighted by molar-refractivity contribution is -0.134. The Labute approximate surface area is 203 Å². The summed E-state index contributed by atoms with van der Waals surface area (Å²) >= 11 is 0. The van der Waals surface area contributed by atoms with Crippen molar-refractivity contribution in [1.82, 2.24) is 21.1 Å². The summed E-state index contributed by atoms with van der Waals surface area (Å²) in [6, 6.07) is -1.83. The maximum atomic E-state index is 13.0. The van der Waals surface area contributed by atoms with Crippen LogP contribution in [-0.2, 0) is 28.6 Å². The molecule has 2 unspecified atom stereocenters. The van der Waals surface area contributed by atoms with Gasteiger partial charge in [-0.25, -0.2) is 0 Å². The molecule has 0 bridgehead atoms. The van der Waals surface area contributed by atoms with E-state index >= 15 is 0 Å². The van der Waals surface area contributed by atoms with Gasteiger partial charge >= 0.3 is 0 Å². The maximum absolute atomic E-state index is 13.0. The summed E-state index contributed by atoms with van der Waals surface area (Å²) < 4.78 is 25.1. The van der Waals surface area contributed by atoms with Crippen molar-refractivity contribution in [3.63, 3.8) is 0 Å². The fourth-order valence-corrected chi connectivity index (χ4v) is 3.26. The number of carbonyl (C=O) groups is 4. The number of nitrogens with one attached hydrogen (secondary N) is 3. The number of ketones is 1. The van der Waals surface area contributed by atoms with Crippen molar-refractivity contribution in [2.24, 2.45) is 5.92 Å². The average Bonchev–Trinajstić information content (AvgIpc) is 3.37. The number of ether oxygens (including phenoxy) is 4. The van der Waals surface area contributed by atoms with Crippen molar-refractivity contribution < 1.29 is 42.6 Å². The maximum Gasteiger partial charge on any atom is 0.290 e. The molecule has 0 saturated carbocycles. The molecule has 13 heteroatoms. The number of Topliss-reactive ketones (excluding diaryl/α,β-unsaturated/α-hetero) is 1. The highest BCUT2D eigenvalue weighted by atomic mass is 16.6. The van der Waals surface area contributed by atoms with Crippen molar-refractivity contribution in [3.8, 4) is 5.88 Å².